The second-order valence-electron chi connectivity index (χ2n) is 4.22. The van der Waals surface area contributed by atoms with Crippen molar-refractivity contribution in [3.63, 3.8) is 0 Å². The molecule has 0 unspecified atom stereocenters. The molecule has 3 rings (SSSR count). The summed E-state index contributed by atoms with van der Waals surface area (Å²) in [4.78, 5) is 15.6. The summed E-state index contributed by atoms with van der Waals surface area (Å²) in [5, 5.41) is 10.1. The molecule has 7 heteroatoms. The van der Waals surface area contributed by atoms with Crippen LogP contribution in [0.15, 0.2) is 12.1 Å². The molecule has 0 spiro atoms. The molecule has 1 N–H and O–H groups in total. The Bertz CT molecular complexity index is 698. The highest BCUT2D eigenvalue weighted by atomic mass is 35.5. The van der Waals surface area contributed by atoms with Crippen LogP contribution in [0.5, 0.6) is 11.5 Å². The maximum atomic E-state index is 11.1. The zero-order valence-electron chi connectivity index (χ0n) is 10.5. The van der Waals surface area contributed by atoms with Gasteiger partial charge in [-0.2, -0.15) is 0 Å². The van der Waals surface area contributed by atoms with Gasteiger partial charge in [0.15, 0.2) is 11.5 Å². The first-order chi connectivity index (χ1) is 9.56. The van der Waals surface area contributed by atoms with E-state index in [0.717, 1.165) is 16.9 Å². The third-order valence-electron chi connectivity index (χ3n) is 2.83. The second kappa shape index (κ2) is 4.96. The number of aryl methyl sites for hydroxylation is 1. The Kier molecular flexibility index (Phi) is 3.27. The third kappa shape index (κ3) is 2.21. The van der Waals surface area contributed by atoms with Crippen LogP contribution in [0, 0.1) is 6.92 Å². The monoisotopic (exact) mass is 311 g/mol. The maximum Gasteiger partial charge on any atom is 0.347 e. The van der Waals surface area contributed by atoms with Gasteiger partial charge in [0, 0.05) is 5.56 Å². The van der Waals surface area contributed by atoms with Gasteiger partial charge in [-0.15, -0.1) is 11.3 Å². The summed E-state index contributed by atoms with van der Waals surface area (Å²) >= 11 is 7.28. The number of thiazole rings is 1. The number of fused-ring (bicyclic) bond motifs is 1. The quantitative estimate of drug-likeness (QED) is 0.922. The molecule has 0 saturated heterocycles. The molecule has 2 aromatic rings. The lowest BCUT2D eigenvalue weighted by atomic mass is 10.2. The molecule has 20 heavy (non-hydrogen) atoms. The third-order valence-corrected chi connectivity index (χ3v) is 4.31. The molecule has 0 saturated carbocycles. The highest BCUT2D eigenvalue weighted by Crippen LogP contribution is 2.42. The maximum absolute atomic E-state index is 11.1. The first-order valence-corrected chi connectivity index (χ1v) is 7.06. The fourth-order valence-electron chi connectivity index (χ4n) is 1.95. The van der Waals surface area contributed by atoms with Crippen molar-refractivity contribution in [2.75, 3.05) is 13.2 Å². The topological polar surface area (TPSA) is 68.7 Å². The van der Waals surface area contributed by atoms with E-state index in [4.69, 9.17) is 26.2 Å². The van der Waals surface area contributed by atoms with Gasteiger partial charge in [-0.1, -0.05) is 11.6 Å². The smallest absolute Gasteiger partial charge is 0.347 e. The standard InChI is InChI=1S/C13H10ClNO4S/c1-6-11(13(16)17)20-12(15-6)7-4-8(14)10-9(5-7)18-2-3-19-10/h4-5H,2-3H2,1H3,(H,16,17). The van der Waals surface area contributed by atoms with Gasteiger partial charge in [0.2, 0.25) is 0 Å². The van der Waals surface area contributed by atoms with E-state index in [9.17, 15) is 4.79 Å². The van der Waals surface area contributed by atoms with E-state index in [1.807, 2.05) is 0 Å². The minimum Gasteiger partial charge on any atom is -0.486 e. The number of aromatic nitrogens is 1. The summed E-state index contributed by atoms with van der Waals surface area (Å²) in [6, 6.07) is 3.48. The Morgan fingerprint density at radius 1 is 1.40 bits per heavy atom. The Hall–Kier alpha value is -1.79. The van der Waals surface area contributed by atoms with E-state index < -0.39 is 5.97 Å². The Labute approximate surface area is 123 Å². The Morgan fingerprint density at radius 2 is 2.15 bits per heavy atom. The zero-order valence-corrected chi connectivity index (χ0v) is 12.0. The van der Waals surface area contributed by atoms with Crippen molar-refractivity contribution >= 4 is 28.9 Å². The molecule has 1 aromatic carbocycles. The number of halogens is 1. The highest BCUT2D eigenvalue weighted by molar-refractivity contribution is 7.17. The van der Waals surface area contributed by atoms with Crippen molar-refractivity contribution in [3.8, 4) is 22.1 Å². The fourth-order valence-corrected chi connectivity index (χ4v) is 3.11. The van der Waals surface area contributed by atoms with Gasteiger partial charge in [-0.25, -0.2) is 9.78 Å². The molecule has 104 valence electrons. The lowest BCUT2D eigenvalue weighted by molar-refractivity contribution is 0.0701. The van der Waals surface area contributed by atoms with E-state index in [1.165, 1.54) is 0 Å². The van der Waals surface area contributed by atoms with E-state index in [2.05, 4.69) is 4.98 Å². The van der Waals surface area contributed by atoms with Crippen LogP contribution in [0.1, 0.15) is 15.4 Å². The molecule has 2 heterocycles. The van der Waals surface area contributed by atoms with Crippen molar-refractivity contribution in [1.29, 1.82) is 0 Å². The average Bonchev–Trinajstić information content (AvgIpc) is 2.81. The van der Waals surface area contributed by atoms with Gasteiger partial charge in [0.25, 0.3) is 0 Å². The molecular weight excluding hydrogens is 302 g/mol. The molecule has 0 atom stereocenters. The van der Waals surface area contributed by atoms with Gasteiger partial charge >= 0.3 is 5.97 Å². The summed E-state index contributed by atoms with van der Waals surface area (Å²) in [5.41, 5.74) is 1.21. The molecule has 5 nitrogen and oxygen atoms in total. The number of benzene rings is 1. The minimum atomic E-state index is -0.977. The Balaban J connectivity index is 2.08. The fraction of sp³-hybridized carbons (Fsp3) is 0.231. The van der Waals surface area contributed by atoms with Crippen molar-refractivity contribution in [2.45, 2.75) is 6.92 Å². The van der Waals surface area contributed by atoms with Crippen LogP contribution in [0.25, 0.3) is 10.6 Å². The van der Waals surface area contributed by atoms with E-state index >= 15 is 0 Å². The molecule has 0 bridgehead atoms. The highest BCUT2D eigenvalue weighted by Gasteiger charge is 2.20. The summed E-state index contributed by atoms with van der Waals surface area (Å²) in [7, 11) is 0. The first kappa shape index (κ1) is 13.2. The zero-order chi connectivity index (χ0) is 14.3. The number of carbonyl (C=O) groups is 1. The second-order valence-corrected chi connectivity index (χ2v) is 5.63. The van der Waals surface area contributed by atoms with Crippen LogP contribution < -0.4 is 9.47 Å². The van der Waals surface area contributed by atoms with Gasteiger partial charge in [-0.3, -0.25) is 0 Å². The van der Waals surface area contributed by atoms with Crippen LogP contribution >= 0.6 is 22.9 Å². The number of nitrogens with zero attached hydrogens (tertiary/aromatic N) is 1. The lowest BCUT2D eigenvalue weighted by Crippen LogP contribution is -2.15. The number of carboxylic acid groups (broad SMARTS) is 1. The minimum absolute atomic E-state index is 0.228. The number of rotatable bonds is 2. The van der Waals surface area contributed by atoms with Gasteiger partial charge in [0.1, 0.15) is 23.1 Å². The van der Waals surface area contributed by atoms with Crippen LogP contribution in [0.3, 0.4) is 0 Å². The first-order valence-electron chi connectivity index (χ1n) is 5.86. The van der Waals surface area contributed by atoms with Crippen LogP contribution in [-0.2, 0) is 0 Å². The van der Waals surface area contributed by atoms with Gasteiger partial charge < -0.3 is 14.6 Å². The van der Waals surface area contributed by atoms with Crippen LogP contribution in [0.2, 0.25) is 5.02 Å². The molecule has 1 aromatic heterocycles. The number of hydrogen-bond donors (Lipinski definition) is 1. The predicted octanol–water partition coefficient (Wildman–Crippen LogP) is 3.24. The van der Waals surface area contributed by atoms with Gasteiger partial charge in [-0.05, 0) is 19.1 Å². The molecule has 0 fully saturated rings. The molecule has 0 aliphatic carbocycles. The van der Waals surface area contributed by atoms with Crippen LogP contribution in [0.4, 0.5) is 0 Å². The number of ether oxygens (including phenoxy) is 2. The molecule has 1 aliphatic rings. The Morgan fingerprint density at radius 3 is 2.85 bits per heavy atom. The van der Waals surface area contributed by atoms with E-state index in [-0.39, 0.29) is 4.88 Å². The van der Waals surface area contributed by atoms with E-state index in [1.54, 1.807) is 19.1 Å². The van der Waals surface area contributed by atoms with E-state index in [0.29, 0.717) is 40.4 Å². The van der Waals surface area contributed by atoms with Crippen molar-refractivity contribution in [1.82, 2.24) is 4.98 Å². The molecule has 0 radical (unpaired) electrons. The van der Waals surface area contributed by atoms with Crippen molar-refractivity contribution < 1.29 is 19.4 Å². The molecular formula is C13H10ClNO4S. The number of hydrogen-bond acceptors (Lipinski definition) is 5. The average molecular weight is 312 g/mol. The molecule has 0 amide bonds. The molecule has 1 aliphatic heterocycles. The number of carboxylic acids is 1. The predicted molar refractivity (Wildman–Crippen MR) is 75.2 cm³/mol. The summed E-state index contributed by atoms with van der Waals surface area (Å²) in [6.07, 6.45) is 0. The van der Waals surface area contributed by atoms with Gasteiger partial charge in [0.05, 0.1) is 10.7 Å². The largest absolute Gasteiger partial charge is 0.486 e. The summed E-state index contributed by atoms with van der Waals surface area (Å²) < 4.78 is 10.9. The summed E-state index contributed by atoms with van der Waals surface area (Å²) in [6.45, 7) is 2.60. The van der Waals surface area contributed by atoms with Crippen molar-refractivity contribution in [2.24, 2.45) is 0 Å². The lowest BCUT2D eigenvalue weighted by Gasteiger charge is -2.19. The van der Waals surface area contributed by atoms with Crippen LogP contribution in [-0.4, -0.2) is 29.3 Å². The number of aromatic carboxylic acids is 1. The van der Waals surface area contributed by atoms with Crippen molar-refractivity contribution in [3.05, 3.63) is 27.7 Å². The normalized spacial score (nSPS) is 13.3. The summed E-state index contributed by atoms with van der Waals surface area (Å²) in [5.74, 6) is 0.103. The SMILES string of the molecule is Cc1nc(-c2cc(Cl)c3c(c2)OCCO3)sc1C(=O)O.